The van der Waals surface area contributed by atoms with Gasteiger partial charge in [-0.3, -0.25) is 0 Å². The predicted octanol–water partition coefficient (Wildman–Crippen LogP) is 1.79. The summed E-state index contributed by atoms with van der Waals surface area (Å²) in [6, 6.07) is 1.79. The summed E-state index contributed by atoms with van der Waals surface area (Å²) < 4.78 is 25.8. The molecule has 0 spiro atoms. The van der Waals surface area contributed by atoms with Crippen LogP contribution in [0.5, 0.6) is 0 Å². The minimum absolute atomic E-state index is 0.130. The van der Waals surface area contributed by atoms with Gasteiger partial charge in [0, 0.05) is 0 Å². The molecule has 0 saturated carbocycles. The van der Waals surface area contributed by atoms with E-state index in [1.165, 1.54) is 0 Å². The van der Waals surface area contributed by atoms with E-state index < -0.39 is 10.0 Å². The zero-order valence-corrected chi connectivity index (χ0v) is 10.3. The van der Waals surface area contributed by atoms with E-state index in [1.807, 2.05) is 13.8 Å². The number of hydrogen-bond acceptors (Lipinski definition) is 3. The van der Waals surface area contributed by atoms with E-state index in [0.29, 0.717) is 12.8 Å². The van der Waals surface area contributed by atoms with E-state index in [0.717, 1.165) is 19.3 Å². The summed E-state index contributed by atoms with van der Waals surface area (Å²) in [4.78, 5) is 0. The minimum Gasteiger partial charge on any atom is -0.212 e. The Morgan fingerprint density at radius 1 is 1.27 bits per heavy atom. The minimum atomic E-state index is -3.29. The van der Waals surface area contributed by atoms with E-state index in [4.69, 9.17) is 5.26 Å². The third kappa shape index (κ3) is 5.75. The van der Waals surface area contributed by atoms with Gasteiger partial charge in [0.15, 0.2) is 0 Å². The van der Waals surface area contributed by atoms with Gasteiger partial charge >= 0.3 is 0 Å². The molecule has 0 heterocycles. The van der Waals surface area contributed by atoms with Crippen molar-refractivity contribution in [2.75, 3.05) is 6.54 Å². The number of hydrogen-bond donors (Lipinski definition) is 1. The summed E-state index contributed by atoms with van der Waals surface area (Å²) in [5.41, 5.74) is 0. The molecule has 1 atom stereocenters. The smallest absolute Gasteiger partial charge is 0.212 e. The molecule has 0 bridgehead atoms. The van der Waals surface area contributed by atoms with E-state index >= 15 is 0 Å². The summed E-state index contributed by atoms with van der Waals surface area (Å²) >= 11 is 0. The fourth-order valence-electron chi connectivity index (χ4n) is 1.46. The average Bonchev–Trinajstić information content (AvgIpc) is 2.21. The third-order valence-corrected chi connectivity index (χ3v) is 4.18. The topological polar surface area (TPSA) is 70.0 Å². The van der Waals surface area contributed by atoms with Crippen LogP contribution in [0, 0.1) is 11.3 Å². The van der Waals surface area contributed by atoms with Gasteiger partial charge in [-0.15, -0.1) is 0 Å². The Balaban J connectivity index is 4.38. The summed E-state index contributed by atoms with van der Waals surface area (Å²) in [6.07, 6.45) is 4.11. The second-order valence-electron chi connectivity index (χ2n) is 3.58. The summed E-state index contributed by atoms with van der Waals surface area (Å²) in [5.74, 6) is 0. The molecule has 0 rings (SSSR count). The molecule has 15 heavy (non-hydrogen) atoms. The van der Waals surface area contributed by atoms with Crippen LogP contribution in [-0.4, -0.2) is 20.2 Å². The van der Waals surface area contributed by atoms with Crippen LogP contribution in [0.15, 0.2) is 0 Å². The van der Waals surface area contributed by atoms with Crippen LogP contribution in [0.4, 0.5) is 0 Å². The van der Waals surface area contributed by atoms with Crippen LogP contribution in [0.2, 0.25) is 0 Å². The molecule has 0 aromatic heterocycles. The highest BCUT2D eigenvalue weighted by atomic mass is 32.2. The van der Waals surface area contributed by atoms with Crippen LogP contribution in [0.25, 0.3) is 0 Å². The van der Waals surface area contributed by atoms with Gasteiger partial charge in [-0.2, -0.15) is 5.26 Å². The maximum absolute atomic E-state index is 11.7. The lowest BCUT2D eigenvalue weighted by Gasteiger charge is -2.16. The highest BCUT2D eigenvalue weighted by molar-refractivity contribution is 7.90. The first-order chi connectivity index (χ1) is 7.08. The summed E-state index contributed by atoms with van der Waals surface area (Å²) in [5, 5.41) is 8.00. The van der Waals surface area contributed by atoms with Crippen molar-refractivity contribution in [1.29, 1.82) is 5.26 Å². The number of sulfonamides is 1. The van der Waals surface area contributed by atoms with Crippen LogP contribution < -0.4 is 4.72 Å². The highest BCUT2D eigenvalue weighted by Crippen LogP contribution is 2.14. The number of rotatable bonds is 8. The molecule has 0 aromatic rings. The Morgan fingerprint density at radius 3 is 2.40 bits per heavy atom. The SMILES string of the molecule is CCCCC(CCC)S(=O)(=O)NCC#N. The van der Waals surface area contributed by atoms with Crippen molar-refractivity contribution in [3.8, 4) is 6.07 Å². The second-order valence-corrected chi connectivity index (χ2v) is 5.62. The number of nitriles is 1. The van der Waals surface area contributed by atoms with E-state index in [1.54, 1.807) is 6.07 Å². The van der Waals surface area contributed by atoms with Crippen molar-refractivity contribution < 1.29 is 8.42 Å². The molecule has 0 aliphatic carbocycles. The fraction of sp³-hybridized carbons (Fsp3) is 0.900. The molecule has 1 unspecified atom stereocenters. The van der Waals surface area contributed by atoms with Gasteiger partial charge in [0.25, 0.3) is 0 Å². The van der Waals surface area contributed by atoms with E-state index in [9.17, 15) is 8.42 Å². The molecule has 1 N–H and O–H groups in total. The lowest BCUT2D eigenvalue weighted by molar-refractivity contribution is 0.538. The van der Waals surface area contributed by atoms with Gasteiger partial charge in [0.1, 0.15) is 0 Å². The molecule has 0 amide bonds. The summed E-state index contributed by atoms with van der Waals surface area (Å²) in [7, 11) is -3.29. The van der Waals surface area contributed by atoms with Crippen LogP contribution in [0.3, 0.4) is 0 Å². The van der Waals surface area contributed by atoms with E-state index in [-0.39, 0.29) is 11.8 Å². The molecular formula is C10H20N2O2S. The van der Waals surface area contributed by atoms with Gasteiger partial charge in [-0.05, 0) is 12.8 Å². The normalized spacial score (nSPS) is 13.4. The predicted molar refractivity (Wildman–Crippen MR) is 60.8 cm³/mol. The monoisotopic (exact) mass is 232 g/mol. The van der Waals surface area contributed by atoms with Crippen molar-refractivity contribution in [3.05, 3.63) is 0 Å². The molecule has 0 saturated heterocycles. The zero-order valence-electron chi connectivity index (χ0n) is 9.49. The van der Waals surface area contributed by atoms with Gasteiger partial charge in [0.2, 0.25) is 10.0 Å². The molecule has 0 fully saturated rings. The fourth-order valence-corrected chi connectivity index (χ4v) is 2.98. The number of nitrogens with one attached hydrogen (secondary N) is 1. The van der Waals surface area contributed by atoms with Crippen molar-refractivity contribution >= 4 is 10.0 Å². The molecule has 0 aliphatic rings. The quantitative estimate of drug-likeness (QED) is 0.649. The Kier molecular flexibility index (Phi) is 7.35. The van der Waals surface area contributed by atoms with Crippen LogP contribution in [-0.2, 0) is 10.0 Å². The average molecular weight is 232 g/mol. The van der Waals surface area contributed by atoms with Crippen molar-refractivity contribution in [1.82, 2.24) is 4.72 Å². The Morgan fingerprint density at radius 2 is 1.93 bits per heavy atom. The second kappa shape index (κ2) is 7.66. The molecule has 0 aliphatic heterocycles. The van der Waals surface area contributed by atoms with Gasteiger partial charge in [-0.1, -0.05) is 33.1 Å². The van der Waals surface area contributed by atoms with E-state index in [2.05, 4.69) is 4.72 Å². The van der Waals surface area contributed by atoms with Crippen molar-refractivity contribution in [2.24, 2.45) is 0 Å². The first kappa shape index (κ1) is 14.4. The zero-order chi connectivity index (χ0) is 11.7. The molecule has 5 heteroatoms. The number of unbranched alkanes of at least 4 members (excludes halogenated alkanes) is 1. The van der Waals surface area contributed by atoms with Gasteiger partial charge in [0.05, 0.1) is 17.9 Å². The molecule has 0 aromatic carbocycles. The molecule has 88 valence electrons. The maximum atomic E-state index is 11.7. The highest BCUT2D eigenvalue weighted by Gasteiger charge is 2.23. The Bertz CT molecular complexity index is 293. The summed E-state index contributed by atoms with van der Waals surface area (Å²) in [6.45, 7) is 3.88. The first-order valence-electron chi connectivity index (χ1n) is 5.43. The third-order valence-electron chi connectivity index (χ3n) is 2.28. The Hall–Kier alpha value is -0.600. The molecular weight excluding hydrogens is 212 g/mol. The van der Waals surface area contributed by atoms with Gasteiger partial charge in [-0.25, -0.2) is 13.1 Å². The Labute approximate surface area is 92.7 Å². The first-order valence-corrected chi connectivity index (χ1v) is 6.98. The number of nitrogens with zero attached hydrogens (tertiary/aromatic N) is 1. The molecule has 4 nitrogen and oxygen atoms in total. The molecule has 0 radical (unpaired) electrons. The standard InChI is InChI=1S/C10H20N2O2S/c1-3-5-7-10(6-4-2)15(13,14)12-9-8-11/h10,12H,3-7,9H2,1-2H3. The van der Waals surface area contributed by atoms with Crippen LogP contribution >= 0.6 is 0 Å². The maximum Gasteiger partial charge on any atom is 0.215 e. The largest absolute Gasteiger partial charge is 0.215 e. The van der Waals surface area contributed by atoms with Gasteiger partial charge < -0.3 is 0 Å². The lowest BCUT2D eigenvalue weighted by Crippen LogP contribution is -2.34. The van der Waals surface area contributed by atoms with Crippen molar-refractivity contribution in [3.63, 3.8) is 0 Å². The van der Waals surface area contributed by atoms with Crippen molar-refractivity contribution in [2.45, 2.75) is 51.2 Å². The lowest BCUT2D eigenvalue weighted by atomic mass is 10.1. The van der Waals surface area contributed by atoms with Crippen LogP contribution in [0.1, 0.15) is 46.0 Å².